The molecule has 1 fully saturated rings. The van der Waals surface area contributed by atoms with Gasteiger partial charge in [-0.05, 0) is 86.9 Å². The molecule has 1 aliphatic rings. The zero-order chi connectivity index (χ0) is 30.3. The van der Waals surface area contributed by atoms with Crippen molar-refractivity contribution in [2.45, 2.75) is 56.9 Å². The van der Waals surface area contributed by atoms with Crippen molar-refractivity contribution in [1.82, 2.24) is 14.9 Å². The third-order valence-electron chi connectivity index (χ3n) is 8.06. The van der Waals surface area contributed by atoms with Crippen LogP contribution in [-0.4, -0.2) is 57.3 Å². The third-order valence-corrected chi connectivity index (χ3v) is 9.40. The molecule has 4 rings (SSSR count). The number of nitrogens with one attached hydrogen (secondary N) is 2. The fourth-order valence-electron chi connectivity index (χ4n) is 5.64. The number of rotatable bonds is 11. The molecule has 0 aliphatic heterocycles. The molecular weight excluding hydrogens is 554 g/mol. The molecule has 9 nitrogen and oxygen atoms in total. The number of hydrogen-bond acceptors (Lipinski definition) is 6. The van der Waals surface area contributed by atoms with Gasteiger partial charge in [-0.15, -0.1) is 0 Å². The van der Waals surface area contributed by atoms with Crippen LogP contribution in [0.5, 0.6) is 5.75 Å². The van der Waals surface area contributed by atoms with Crippen molar-refractivity contribution >= 4 is 38.5 Å². The van der Waals surface area contributed by atoms with Crippen molar-refractivity contribution in [2.75, 3.05) is 20.2 Å². The first-order chi connectivity index (χ1) is 20.2. The Morgan fingerprint density at radius 3 is 2.21 bits per heavy atom. The van der Waals surface area contributed by atoms with E-state index >= 15 is 0 Å². The molecule has 1 unspecified atom stereocenters. The van der Waals surface area contributed by atoms with E-state index in [1.54, 1.807) is 41.3 Å². The molecule has 1 atom stereocenters. The summed E-state index contributed by atoms with van der Waals surface area (Å²) >= 11 is 0. The molecule has 0 aromatic heterocycles. The van der Waals surface area contributed by atoms with Crippen LogP contribution >= 0.6 is 0 Å². The summed E-state index contributed by atoms with van der Waals surface area (Å²) in [5, 5.41) is 4.69. The maximum absolute atomic E-state index is 13.5. The molecule has 1 saturated carbocycles. The summed E-state index contributed by atoms with van der Waals surface area (Å²) in [5.74, 6) is -1.99. The summed E-state index contributed by atoms with van der Waals surface area (Å²) in [6.45, 7) is 4.49. The van der Waals surface area contributed by atoms with Crippen LogP contribution in [0.2, 0.25) is 0 Å². The van der Waals surface area contributed by atoms with Crippen LogP contribution in [0.4, 0.5) is 0 Å². The Balaban J connectivity index is 1.43. The number of amides is 3. The van der Waals surface area contributed by atoms with Gasteiger partial charge in [0.15, 0.2) is 0 Å². The van der Waals surface area contributed by atoms with E-state index in [0.717, 1.165) is 10.8 Å². The summed E-state index contributed by atoms with van der Waals surface area (Å²) in [4.78, 5) is 41.3. The SMILES string of the molecule is CCN(CC)C(=O)C(CC1CCC(NC(=O)c2ccccc2OC)CC1)C(=O)NS(=O)(=O)c1ccc2ccccc2c1. The van der Waals surface area contributed by atoms with Crippen LogP contribution in [0, 0.1) is 11.8 Å². The standard InChI is InChI=1S/C32H39N3O6S/c1-4-35(5-2)32(38)28(31(37)34-42(39,40)26-19-16-23-10-6-7-11-24(23)21-26)20-22-14-17-25(18-15-22)33-30(36)27-12-8-9-13-29(27)41-3/h6-13,16,19,21-22,25,28H,4-5,14-15,17-18,20H2,1-3H3,(H,33,36)(H,34,37). The number of para-hydroxylation sites is 1. The maximum atomic E-state index is 13.5. The largest absolute Gasteiger partial charge is 0.496 e. The minimum atomic E-state index is -4.19. The highest BCUT2D eigenvalue weighted by Crippen LogP contribution is 2.31. The quantitative estimate of drug-likeness (QED) is 0.316. The van der Waals surface area contributed by atoms with Gasteiger partial charge in [0.05, 0.1) is 17.6 Å². The summed E-state index contributed by atoms with van der Waals surface area (Å²) < 4.78 is 33.9. The lowest BCUT2D eigenvalue weighted by Gasteiger charge is -2.32. The molecule has 3 aromatic carbocycles. The van der Waals surface area contributed by atoms with Gasteiger partial charge in [0, 0.05) is 19.1 Å². The molecule has 0 spiro atoms. The van der Waals surface area contributed by atoms with Gasteiger partial charge in [-0.1, -0.05) is 42.5 Å². The number of ether oxygens (including phenoxy) is 1. The van der Waals surface area contributed by atoms with E-state index in [4.69, 9.17) is 4.74 Å². The van der Waals surface area contributed by atoms with E-state index in [9.17, 15) is 22.8 Å². The minimum absolute atomic E-state index is 0.0306. The van der Waals surface area contributed by atoms with Crippen LogP contribution in [0.25, 0.3) is 10.8 Å². The normalized spacial score (nSPS) is 17.7. The van der Waals surface area contributed by atoms with E-state index in [1.807, 2.05) is 32.0 Å². The van der Waals surface area contributed by atoms with E-state index in [0.29, 0.717) is 50.1 Å². The predicted molar refractivity (Wildman–Crippen MR) is 162 cm³/mol. The van der Waals surface area contributed by atoms with Crippen LogP contribution < -0.4 is 14.8 Å². The second-order valence-corrected chi connectivity index (χ2v) is 12.4. The van der Waals surface area contributed by atoms with Gasteiger partial charge in [0.2, 0.25) is 11.8 Å². The molecule has 2 N–H and O–H groups in total. The number of sulfonamides is 1. The molecule has 0 bridgehead atoms. The predicted octanol–water partition coefficient (Wildman–Crippen LogP) is 4.52. The molecule has 0 radical (unpaired) electrons. The monoisotopic (exact) mass is 593 g/mol. The number of methoxy groups -OCH3 is 1. The van der Waals surface area contributed by atoms with Crippen LogP contribution in [0.3, 0.4) is 0 Å². The molecule has 3 aromatic rings. The first-order valence-electron chi connectivity index (χ1n) is 14.4. The number of benzene rings is 3. The van der Waals surface area contributed by atoms with Gasteiger partial charge < -0.3 is 15.0 Å². The highest BCUT2D eigenvalue weighted by molar-refractivity contribution is 7.90. The summed E-state index contributed by atoms with van der Waals surface area (Å²) in [6, 6.07) is 19.0. The maximum Gasteiger partial charge on any atom is 0.264 e. The Kier molecular flexibility index (Phi) is 10.2. The number of carbonyl (C=O) groups is 3. The highest BCUT2D eigenvalue weighted by Gasteiger charge is 2.36. The number of nitrogens with zero attached hydrogens (tertiary/aromatic N) is 1. The van der Waals surface area contributed by atoms with Gasteiger partial charge >= 0.3 is 0 Å². The molecule has 10 heteroatoms. The number of carbonyl (C=O) groups excluding carboxylic acids is 3. The van der Waals surface area contributed by atoms with Crippen molar-refractivity contribution in [1.29, 1.82) is 0 Å². The zero-order valence-electron chi connectivity index (χ0n) is 24.3. The summed E-state index contributed by atoms with van der Waals surface area (Å²) in [6.07, 6.45) is 3.01. The van der Waals surface area contributed by atoms with Gasteiger partial charge in [-0.2, -0.15) is 0 Å². The Morgan fingerprint density at radius 1 is 0.905 bits per heavy atom. The fourth-order valence-corrected chi connectivity index (χ4v) is 6.70. The van der Waals surface area contributed by atoms with Crippen LogP contribution in [0.15, 0.2) is 71.6 Å². The average molecular weight is 594 g/mol. The lowest BCUT2D eigenvalue weighted by atomic mass is 9.80. The van der Waals surface area contributed by atoms with Gasteiger partial charge in [0.1, 0.15) is 11.7 Å². The van der Waals surface area contributed by atoms with Gasteiger partial charge in [-0.3, -0.25) is 14.4 Å². The average Bonchev–Trinajstić information content (AvgIpc) is 3.00. The van der Waals surface area contributed by atoms with Crippen molar-refractivity contribution in [3.63, 3.8) is 0 Å². The van der Waals surface area contributed by atoms with Crippen molar-refractivity contribution in [3.8, 4) is 5.75 Å². The number of hydrogen-bond donors (Lipinski definition) is 2. The van der Waals surface area contributed by atoms with Gasteiger partial charge in [0.25, 0.3) is 15.9 Å². The van der Waals surface area contributed by atoms with Crippen LogP contribution in [0.1, 0.15) is 56.3 Å². The molecule has 1 aliphatic carbocycles. The van der Waals surface area contributed by atoms with Crippen molar-refractivity contribution in [2.24, 2.45) is 11.8 Å². The zero-order valence-corrected chi connectivity index (χ0v) is 25.2. The Labute approximate surface area is 247 Å². The molecule has 0 saturated heterocycles. The Bertz CT molecular complexity index is 1530. The first kappa shape index (κ1) is 31.0. The van der Waals surface area contributed by atoms with Crippen LogP contribution in [-0.2, 0) is 19.6 Å². The Hall–Kier alpha value is -3.92. The van der Waals surface area contributed by atoms with E-state index in [-0.39, 0.29) is 35.1 Å². The second kappa shape index (κ2) is 13.8. The molecular formula is C32H39N3O6S. The lowest BCUT2D eigenvalue weighted by Crippen LogP contribution is -2.46. The smallest absolute Gasteiger partial charge is 0.264 e. The Morgan fingerprint density at radius 2 is 1.55 bits per heavy atom. The second-order valence-electron chi connectivity index (χ2n) is 10.7. The van der Waals surface area contributed by atoms with E-state index in [2.05, 4.69) is 10.0 Å². The third kappa shape index (κ3) is 7.28. The highest BCUT2D eigenvalue weighted by atomic mass is 32.2. The minimum Gasteiger partial charge on any atom is -0.496 e. The van der Waals surface area contributed by atoms with Crippen molar-refractivity contribution in [3.05, 3.63) is 72.3 Å². The lowest BCUT2D eigenvalue weighted by molar-refractivity contribution is -0.142. The first-order valence-corrected chi connectivity index (χ1v) is 15.9. The number of fused-ring (bicyclic) bond motifs is 1. The fraction of sp³-hybridized carbons (Fsp3) is 0.406. The molecule has 3 amide bonds. The molecule has 224 valence electrons. The summed E-state index contributed by atoms with van der Waals surface area (Å²) in [7, 11) is -2.67. The summed E-state index contributed by atoms with van der Waals surface area (Å²) in [5.41, 5.74) is 0.469. The van der Waals surface area contributed by atoms with Gasteiger partial charge in [-0.25, -0.2) is 13.1 Å². The van der Waals surface area contributed by atoms with E-state index < -0.39 is 21.8 Å². The van der Waals surface area contributed by atoms with E-state index in [1.165, 1.54) is 19.2 Å². The molecule has 42 heavy (non-hydrogen) atoms. The topological polar surface area (TPSA) is 122 Å². The molecule has 0 heterocycles. The van der Waals surface area contributed by atoms with Crippen molar-refractivity contribution < 1.29 is 27.5 Å².